The third kappa shape index (κ3) is 1.09. The SMILES string of the molecule is CC(C)C1(C)C(C)(C(C)C)C1(C)C(C)C. The van der Waals surface area contributed by atoms with Gasteiger partial charge in [-0.25, -0.2) is 0 Å². The molecule has 0 nitrogen and oxygen atoms in total. The number of rotatable bonds is 3. The molecule has 0 N–H and O–H groups in total. The second-order valence-corrected chi connectivity index (χ2v) is 7.07. The molecule has 1 rings (SSSR count). The van der Waals surface area contributed by atoms with Gasteiger partial charge in [0.15, 0.2) is 0 Å². The van der Waals surface area contributed by atoms with Crippen LogP contribution in [0.2, 0.25) is 0 Å². The van der Waals surface area contributed by atoms with Gasteiger partial charge in [0.1, 0.15) is 0 Å². The third-order valence-corrected chi connectivity index (χ3v) is 6.64. The van der Waals surface area contributed by atoms with E-state index in [4.69, 9.17) is 0 Å². The Morgan fingerprint density at radius 1 is 0.467 bits per heavy atom. The van der Waals surface area contributed by atoms with E-state index in [-0.39, 0.29) is 0 Å². The molecular weight excluding hydrogens is 180 g/mol. The van der Waals surface area contributed by atoms with Crippen LogP contribution in [-0.4, -0.2) is 0 Å². The van der Waals surface area contributed by atoms with Gasteiger partial charge in [-0.15, -0.1) is 0 Å². The van der Waals surface area contributed by atoms with Gasteiger partial charge in [0.2, 0.25) is 0 Å². The predicted octanol–water partition coefficient (Wildman–Crippen LogP) is 4.99. The molecule has 0 heterocycles. The van der Waals surface area contributed by atoms with Gasteiger partial charge >= 0.3 is 0 Å². The number of hydrogen-bond acceptors (Lipinski definition) is 0. The van der Waals surface area contributed by atoms with Crippen LogP contribution in [-0.2, 0) is 0 Å². The van der Waals surface area contributed by atoms with E-state index in [1.54, 1.807) is 0 Å². The molecule has 0 bridgehead atoms. The zero-order chi connectivity index (χ0) is 12.2. The summed E-state index contributed by atoms with van der Waals surface area (Å²) < 4.78 is 0. The third-order valence-electron chi connectivity index (χ3n) is 6.64. The summed E-state index contributed by atoms with van der Waals surface area (Å²) >= 11 is 0. The highest BCUT2D eigenvalue weighted by Crippen LogP contribution is 2.85. The highest BCUT2D eigenvalue weighted by Gasteiger charge is 2.81. The zero-order valence-electron chi connectivity index (χ0n) is 12.2. The summed E-state index contributed by atoms with van der Waals surface area (Å²) in [6.07, 6.45) is 0. The molecule has 0 atom stereocenters. The minimum atomic E-state index is 0.502. The van der Waals surface area contributed by atoms with Crippen molar-refractivity contribution in [2.24, 2.45) is 34.0 Å². The molecule has 0 aromatic rings. The normalized spacial score (nSPS) is 45.6. The van der Waals surface area contributed by atoms with Crippen LogP contribution >= 0.6 is 0 Å². The minimum Gasteiger partial charge on any atom is -0.0622 e. The molecule has 1 saturated carbocycles. The Bertz CT molecular complexity index is 196. The smallest absolute Gasteiger partial charge is 0.0179 e. The van der Waals surface area contributed by atoms with E-state index in [9.17, 15) is 0 Å². The summed E-state index contributed by atoms with van der Waals surface area (Å²) in [5, 5.41) is 0. The Morgan fingerprint density at radius 3 is 0.667 bits per heavy atom. The summed E-state index contributed by atoms with van der Waals surface area (Å²) in [6, 6.07) is 0. The fourth-order valence-corrected chi connectivity index (χ4v) is 4.83. The fraction of sp³-hybridized carbons (Fsp3) is 1.00. The summed E-state index contributed by atoms with van der Waals surface area (Å²) in [6.45, 7) is 21.9. The first-order valence-corrected chi connectivity index (χ1v) is 6.58. The van der Waals surface area contributed by atoms with Crippen molar-refractivity contribution in [3.05, 3.63) is 0 Å². The molecule has 0 saturated heterocycles. The average molecular weight is 210 g/mol. The fourth-order valence-electron chi connectivity index (χ4n) is 4.83. The van der Waals surface area contributed by atoms with Gasteiger partial charge in [0.25, 0.3) is 0 Å². The van der Waals surface area contributed by atoms with E-state index < -0.39 is 0 Å². The van der Waals surface area contributed by atoms with Crippen LogP contribution in [0.1, 0.15) is 62.3 Å². The summed E-state index contributed by atoms with van der Waals surface area (Å²) in [7, 11) is 0. The first kappa shape index (κ1) is 13.1. The van der Waals surface area contributed by atoms with E-state index in [1.165, 1.54) is 0 Å². The lowest BCUT2D eigenvalue weighted by Gasteiger charge is -2.25. The molecule has 1 aliphatic carbocycles. The van der Waals surface area contributed by atoms with Crippen LogP contribution < -0.4 is 0 Å². The molecule has 0 radical (unpaired) electrons. The van der Waals surface area contributed by atoms with Gasteiger partial charge in [-0.1, -0.05) is 62.3 Å². The van der Waals surface area contributed by atoms with E-state index in [0.29, 0.717) is 16.2 Å². The van der Waals surface area contributed by atoms with Gasteiger partial charge in [0.05, 0.1) is 0 Å². The van der Waals surface area contributed by atoms with Crippen molar-refractivity contribution in [2.75, 3.05) is 0 Å². The molecule has 0 heteroatoms. The Kier molecular flexibility index (Phi) is 2.83. The highest BCUT2D eigenvalue weighted by atomic mass is 14.8. The Morgan fingerprint density at radius 2 is 0.600 bits per heavy atom. The summed E-state index contributed by atoms with van der Waals surface area (Å²) in [5.41, 5.74) is 1.51. The Balaban J connectivity index is 3.21. The van der Waals surface area contributed by atoms with E-state index in [2.05, 4.69) is 62.3 Å². The maximum Gasteiger partial charge on any atom is -0.0179 e. The molecule has 1 fully saturated rings. The van der Waals surface area contributed by atoms with Crippen LogP contribution in [0.3, 0.4) is 0 Å². The van der Waals surface area contributed by atoms with Gasteiger partial charge < -0.3 is 0 Å². The van der Waals surface area contributed by atoms with Crippen LogP contribution in [0.15, 0.2) is 0 Å². The molecule has 0 unspecified atom stereocenters. The van der Waals surface area contributed by atoms with Crippen molar-refractivity contribution in [1.82, 2.24) is 0 Å². The Hall–Kier alpha value is 0. The maximum absolute atomic E-state index is 2.51. The van der Waals surface area contributed by atoms with Crippen LogP contribution in [0.4, 0.5) is 0 Å². The minimum absolute atomic E-state index is 0.502. The molecule has 0 spiro atoms. The highest BCUT2D eigenvalue weighted by molar-refractivity contribution is 5.27. The maximum atomic E-state index is 2.51. The van der Waals surface area contributed by atoms with E-state index in [0.717, 1.165) is 17.8 Å². The lowest BCUT2D eigenvalue weighted by Crippen LogP contribution is -2.18. The van der Waals surface area contributed by atoms with Crippen LogP contribution in [0.5, 0.6) is 0 Å². The lowest BCUT2D eigenvalue weighted by molar-refractivity contribution is 0.235. The summed E-state index contributed by atoms with van der Waals surface area (Å²) in [5.74, 6) is 2.33. The molecule has 0 amide bonds. The van der Waals surface area contributed by atoms with E-state index >= 15 is 0 Å². The van der Waals surface area contributed by atoms with Crippen molar-refractivity contribution >= 4 is 0 Å². The monoisotopic (exact) mass is 210 g/mol. The van der Waals surface area contributed by atoms with Crippen molar-refractivity contribution in [2.45, 2.75) is 62.3 Å². The topological polar surface area (TPSA) is 0 Å². The lowest BCUT2D eigenvalue weighted by atomic mass is 9.80. The van der Waals surface area contributed by atoms with Gasteiger partial charge in [0, 0.05) is 0 Å². The molecule has 15 heavy (non-hydrogen) atoms. The van der Waals surface area contributed by atoms with Gasteiger partial charge in [-0.3, -0.25) is 0 Å². The molecule has 0 aromatic carbocycles. The molecule has 0 aromatic heterocycles. The van der Waals surface area contributed by atoms with E-state index in [1.807, 2.05) is 0 Å². The number of hydrogen-bond donors (Lipinski definition) is 0. The molecular formula is C15H30. The quantitative estimate of drug-likeness (QED) is 0.616. The van der Waals surface area contributed by atoms with Gasteiger partial charge in [-0.2, -0.15) is 0 Å². The van der Waals surface area contributed by atoms with Gasteiger partial charge in [-0.05, 0) is 34.0 Å². The van der Waals surface area contributed by atoms with Crippen molar-refractivity contribution in [3.63, 3.8) is 0 Å². The van der Waals surface area contributed by atoms with Crippen LogP contribution in [0.25, 0.3) is 0 Å². The Labute approximate surface area is 96.8 Å². The summed E-state index contributed by atoms with van der Waals surface area (Å²) in [4.78, 5) is 0. The first-order chi connectivity index (χ1) is 6.58. The van der Waals surface area contributed by atoms with Crippen molar-refractivity contribution in [1.29, 1.82) is 0 Å². The van der Waals surface area contributed by atoms with Crippen molar-refractivity contribution < 1.29 is 0 Å². The predicted molar refractivity (Wildman–Crippen MR) is 68.8 cm³/mol. The molecule has 90 valence electrons. The average Bonchev–Trinajstić information content (AvgIpc) is 2.51. The van der Waals surface area contributed by atoms with Crippen molar-refractivity contribution in [3.8, 4) is 0 Å². The first-order valence-electron chi connectivity index (χ1n) is 6.58. The molecule has 0 aliphatic heterocycles. The van der Waals surface area contributed by atoms with Crippen LogP contribution in [0, 0.1) is 34.0 Å². The second-order valence-electron chi connectivity index (χ2n) is 7.07. The zero-order valence-corrected chi connectivity index (χ0v) is 12.2. The standard InChI is InChI=1S/C15H30/c1-10(2)13(7)14(8,11(3)4)15(13,9)12(5)6/h10-12H,1-9H3. The molecule has 1 aliphatic rings. The second kappa shape index (κ2) is 3.25. The largest absolute Gasteiger partial charge is 0.0622 e.